The van der Waals surface area contributed by atoms with Gasteiger partial charge >= 0.3 is 0 Å². The van der Waals surface area contributed by atoms with E-state index < -0.39 is 5.91 Å². The van der Waals surface area contributed by atoms with E-state index in [1.165, 1.54) is 24.3 Å². The number of hydrogen-bond donors (Lipinski definition) is 1. The third kappa shape index (κ3) is 6.17. The van der Waals surface area contributed by atoms with Gasteiger partial charge in [0.2, 0.25) is 5.91 Å². The minimum absolute atomic E-state index is 0.0637. The van der Waals surface area contributed by atoms with Crippen LogP contribution in [0.5, 0.6) is 5.75 Å². The van der Waals surface area contributed by atoms with Crippen molar-refractivity contribution >= 4 is 45.8 Å². The number of thioether (sulfide) groups is 1. The number of hydrogen-bond acceptors (Lipinski definition) is 6. The predicted molar refractivity (Wildman–Crippen MR) is 148 cm³/mol. The van der Waals surface area contributed by atoms with Crippen LogP contribution in [0.2, 0.25) is 0 Å². The van der Waals surface area contributed by atoms with E-state index in [-0.39, 0.29) is 42.8 Å². The number of fused-ring (bicyclic) bond motifs is 1. The van der Waals surface area contributed by atoms with Gasteiger partial charge in [0.05, 0.1) is 23.1 Å². The van der Waals surface area contributed by atoms with Gasteiger partial charge in [-0.3, -0.25) is 19.3 Å². The molecule has 0 spiro atoms. The first-order chi connectivity index (χ1) is 18.9. The maximum absolute atomic E-state index is 13.1. The molecule has 0 bridgehead atoms. The van der Waals surface area contributed by atoms with Crippen molar-refractivity contribution in [3.63, 3.8) is 0 Å². The van der Waals surface area contributed by atoms with Crippen molar-refractivity contribution in [1.82, 2.24) is 14.8 Å². The molecule has 1 aromatic heterocycles. The molecule has 10 heteroatoms. The number of nitrogens with zero attached hydrogens (tertiary/aromatic N) is 2. The number of benzene rings is 2. The Morgan fingerprint density at radius 3 is 2.79 bits per heavy atom. The molecule has 0 saturated carbocycles. The number of nitrogens with one attached hydrogen (secondary N) is 1. The molecule has 2 saturated heterocycles. The number of aromatic nitrogens is 1. The van der Waals surface area contributed by atoms with E-state index in [1.54, 1.807) is 6.08 Å². The Kier molecular flexibility index (Phi) is 8.33. The Morgan fingerprint density at radius 1 is 1.23 bits per heavy atom. The molecule has 39 heavy (non-hydrogen) atoms. The summed E-state index contributed by atoms with van der Waals surface area (Å²) in [5, 5.41) is 3.51. The van der Waals surface area contributed by atoms with Crippen molar-refractivity contribution in [2.45, 2.75) is 38.8 Å². The van der Waals surface area contributed by atoms with Crippen molar-refractivity contribution in [2.24, 2.45) is 0 Å². The molecule has 5 rings (SSSR count). The van der Waals surface area contributed by atoms with Crippen LogP contribution in [0, 0.1) is 5.82 Å². The standard InChI is InChI=1S/C29H30FN3O5S/c1-2-19-5-3-7-24-20(17-32(27(19)24)18-26(34)31-16-23-6-4-13-37-23)15-25-28(35)33(29(36)39-25)12-14-38-22-10-8-21(30)9-11-22/h3,5,7-11,15,17,23H,2,4,6,12-14,16,18H2,1H3,(H,31,34)/b25-15-/t23-/m0/s1. The lowest BCUT2D eigenvalue weighted by Gasteiger charge is -2.13. The zero-order chi connectivity index (χ0) is 27.4. The summed E-state index contributed by atoms with van der Waals surface area (Å²) in [6.07, 6.45) is 6.38. The number of ether oxygens (including phenoxy) is 2. The number of para-hydroxylation sites is 1. The largest absolute Gasteiger partial charge is 0.492 e. The fourth-order valence-corrected chi connectivity index (χ4v) is 5.71. The van der Waals surface area contributed by atoms with E-state index in [2.05, 4.69) is 12.2 Å². The van der Waals surface area contributed by atoms with Crippen LogP contribution in [0.15, 0.2) is 53.6 Å². The summed E-state index contributed by atoms with van der Waals surface area (Å²) in [6, 6.07) is 11.5. The van der Waals surface area contributed by atoms with E-state index in [0.717, 1.165) is 64.6 Å². The zero-order valence-electron chi connectivity index (χ0n) is 21.7. The summed E-state index contributed by atoms with van der Waals surface area (Å²) in [5.41, 5.74) is 2.79. The van der Waals surface area contributed by atoms with Crippen LogP contribution in [-0.2, 0) is 27.3 Å². The van der Waals surface area contributed by atoms with Crippen LogP contribution in [-0.4, -0.2) is 58.9 Å². The second kappa shape index (κ2) is 12.0. The van der Waals surface area contributed by atoms with Gasteiger partial charge in [0.1, 0.15) is 24.7 Å². The summed E-state index contributed by atoms with van der Waals surface area (Å²) >= 11 is 0.880. The Morgan fingerprint density at radius 2 is 2.05 bits per heavy atom. The normalized spacial score (nSPS) is 18.5. The van der Waals surface area contributed by atoms with Crippen LogP contribution < -0.4 is 10.1 Å². The fraction of sp³-hybridized carbons (Fsp3) is 0.345. The molecule has 2 fully saturated rings. The van der Waals surface area contributed by atoms with Gasteiger partial charge < -0.3 is 19.4 Å². The van der Waals surface area contributed by atoms with Gasteiger partial charge in [-0.2, -0.15) is 0 Å². The Hall–Kier alpha value is -3.63. The highest BCUT2D eigenvalue weighted by atomic mass is 32.2. The van der Waals surface area contributed by atoms with Crippen LogP contribution in [0.1, 0.15) is 30.9 Å². The molecule has 0 radical (unpaired) electrons. The molecule has 3 aromatic rings. The second-order valence-electron chi connectivity index (χ2n) is 9.45. The first-order valence-corrected chi connectivity index (χ1v) is 13.9. The molecule has 3 heterocycles. The zero-order valence-corrected chi connectivity index (χ0v) is 22.5. The number of aryl methyl sites for hydroxylation is 1. The van der Waals surface area contributed by atoms with E-state index in [0.29, 0.717) is 17.2 Å². The summed E-state index contributed by atoms with van der Waals surface area (Å²) in [7, 11) is 0. The lowest BCUT2D eigenvalue weighted by Crippen LogP contribution is -2.34. The van der Waals surface area contributed by atoms with E-state index in [1.807, 2.05) is 29.0 Å². The van der Waals surface area contributed by atoms with Crippen LogP contribution in [0.25, 0.3) is 17.0 Å². The summed E-state index contributed by atoms with van der Waals surface area (Å²) < 4.78 is 26.2. The van der Waals surface area contributed by atoms with Gasteiger partial charge in [0, 0.05) is 30.3 Å². The highest BCUT2D eigenvalue weighted by molar-refractivity contribution is 8.18. The van der Waals surface area contributed by atoms with Crippen molar-refractivity contribution in [1.29, 1.82) is 0 Å². The minimum Gasteiger partial charge on any atom is -0.492 e. The molecule has 2 aromatic carbocycles. The molecule has 0 unspecified atom stereocenters. The van der Waals surface area contributed by atoms with Gasteiger partial charge in [0.15, 0.2) is 0 Å². The second-order valence-corrected chi connectivity index (χ2v) is 10.4. The average Bonchev–Trinajstić information content (AvgIpc) is 3.64. The molecule has 204 valence electrons. The number of carbonyl (C=O) groups is 3. The van der Waals surface area contributed by atoms with Crippen LogP contribution in [0.4, 0.5) is 9.18 Å². The topological polar surface area (TPSA) is 89.9 Å². The maximum atomic E-state index is 13.1. The van der Waals surface area contributed by atoms with E-state index in [4.69, 9.17) is 9.47 Å². The van der Waals surface area contributed by atoms with E-state index >= 15 is 0 Å². The van der Waals surface area contributed by atoms with Crippen molar-refractivity contribution in [3.8, 4) is 5.75 Å². The third-order valence-electron chi connectivity index (χ3n) is 6.82. The van der Waals surface area contributed by atoms with Gasteiger partial charge in [0.25, 0.3) is 11.1 Å². The SMILES string of the molecule is CCc1cccc2c(/C=C3\SC(=O)N(CCOc4ccc(F)cc4)C3=O)cn(CC(=O)NC[C@@H]3CCCO3)c12. The van der Waals surface area contributed by atoms with Crippen LogP contribution >= 0.6 is 11.8 Å². The number of amides is 3. The van der Waals surface area contributed by atoms with Gasteiger partial charge in [-0.1, -0.05) is 25.1 Å². The monoisotopic (exact) mass is 551 g/mol. The maximum Gasteiger partial charge on any atom is 0.293 e. The summed E-state index contributed by atoms with van der Waals surface area (Å²) in [5.74, 6) is -0.417. The molecule has 2 aliphatic heterocycles. The molecule has 1 atom stereocenters. The molecule has 1 N–H and O–H groups in total. The lowest BCUT2D eigenvalue weighted by molar-refractivity contribution is -0.123. The van der Waals surface area contributed by atoms with Gasteiger partial charge in [-0.05, 0) is 66.9 Å². The first-order valence-electron chi connectivity index (χ1n) is 13.1. The van der Waals surface area contributed by atoms with Gasteiger partial charge in [-0.25, -0.2) is 4.39 Å². The van der Waals surface area contributed by atoms with Crippen molar-refractivity contribution in [3.05, 3.63) is 70.5 Å². The average molecular weight is 552 g/mol. The Balaban J connectivity index is 1.31. The first kappa shape index (κ1) is 27.0. The van der Waals surface area contributed by atoms with E-state index in [9.17, 15) is 18.8 Å². The molecular formula is C29H30FN3O5S. The summed E-state index contributed by atoms with van der Waals surface area (Å²) in [4.78, 5) is 40.0. The van der Waals surface area contributed by atoms with Crippen molar-refractivity contribution < 1.29 is 28.2 Å². The Labute approximate surface area is 230 Å². The Bertz CT molecular complexity index is 1410. The number of imide groups is 1. The predicted octanol–water partition coefficient (Wildman–Crippen LogP) is 4.75. The number of halogens is 1. The van der Waals surface area contributed by atoms with Crippen LogP contribution in [0.3, 0.4) is 0 Å². The molecule has 2 aliphatic rings. The molecule has 8 nitrogen and oxygen atoms in total. The molecule has 0 aliphatic carbocycles. The highest BCUT2D eigenvalue weighted by Gasteiger charge is 2.35. The smallest absolute Gasteiger partial charge is 0.293 e. The quantitative estimate of drug-likeness (QED) is 0.366. The number of carbonyl (C=O) groups excluding carboxylic acids is 3. The van der Waals surface area contributed by atoms with Gasteiger partial charge in [-0.15, -0.1) is 0 Å². The van der Waals surface area contributed by atoms with Crippen molar-refractivity contribution in [2.75, 3.05) is 26.3 Å². The molecule has 3 amide bonds. The molecular weight excluding hydrogens is 521 g/mol. The minimum atomic E-state index is -0.394. The number of rotatable bonds is 10. The summed E-state index contributed by atoms with van der Waals surface area (Å²) in [6.45, 7) is 3.59. The highest BCUT2D eigenvalue weighted by Crippen LogP contribution is 2.35. The fourth-order valence-electron chi connectivity index (χ4n) is 4.85. The third-order valence-corrected chi connectivity index (χ3v) is 7.72. The lowest BCUT2D eigenvalue weighted by atomic mass is 10.1.